The van der Waals surface area contributed by atoms with Gasteiger partial charge in [-0.3, -0.25) is 13.7 Å². The van der Waals surface area contributed by atoms with Crippen molar-refractivity contribution in [1.82, 2.24) is 9.78 Å². The molecule has 6 heteroatoms. The Bertz CT molecular complexity index is 788. The van der Waals surface area contributed by atoms with Crippen molar-refractivity contribution in [3.8, 4) is 0 Å². The molecular weight excluding hydrogens is 322 g/mol. The lowest BCUT2D eigenvalue weighted by atomic mass is 9.87. The average Bonchev–Trinajstić information content (AvgIpc) is 2.75. The molecule has 1 heterocycles. The van der Waals surface area contributed by atoms with E-state index in [0.717, 1.165) is 21.7 Å². The summed E-state index contributed by atoms with van der Waals surface area (Å²) in [5.74, 6) is 0.255. The molecule has 0 saturated heterocycles. The third-order valence-electron chi connectivity index (χ3n) is 3.83. The summed E-state index contributed by atoms with van der Waals surface area (Å²) >= 11 is 0. The van der Waals surface area contributed by atoms with Crippen molar-refractivity contribution in [3.05, 3.63) is 41.1 Å². The monoisotopic (exact) mass is 347 g/mol. The van der Waals surface area contributed by atoms with E-state index in [9.17, 15) is 9.00 Å². The molecular formula is C18H25N3O2S. The van der Waals surface area contributed by atoms with Crippen LogP contribution in [0, 0.1) is 13.8 Å². The van der Waals surface area contributed by atoms with Crippen LogP contribution in [-0.2, 0) is 28.1 Å². The van der Waals surface area contributed by atoms with Crippen LogP contribution in [0.5, 0.6) is 0 Å². The van der Waals surface area contributed by atoms with E-state index in [0.29, 0.717) is 5.82 Å². The van der Waals surface area contributed by atoms with Crippen LogP contribution in [0.4, 0.5) is 5.82 Å². The molecule has 2 aromatic rings. The molecule has 1 atom stereocenters. The van der Waals surface area contributed by atoms with E-state index in [4.69, 9.17) is 0 Å². The normalized spacial score (nSPS) is 12.9. The summed E-state index contributed by atoms with van der Waals surface area (Å²) in [6.45, 7) is 10.1. The quantitative estimate of drug-likeness (QED) is 0.924. The molecule has 0 bridgehead atoms. The second kappa shape index (κ2) is 6.89. The largest absolute Gasteiger partial charge is 0.310 e. The highest BCUT2D eigenvalue weighted by molar-refractivity contribution is 7.85. The lowest BCUT2D eigenvalue weighted by Gasteiger charge is -2.20. The summed E-state index contributed by atoms with van der Waals surface area (Å²) in [5.41, 5.74) is 2.84. The zero-order valence-corrected chi connectivity index (χ0v) is 16.0. The van der Waals surface area contributed by atoms with E-state index in [1.165, 1.54) is 0 Å². The minimum absolute atomic E-state index is 0.0266. The Hall–Kier alpha value is -1.95. The number of nitrogens with zero attached hydrogens (tertiary/aromatic N) is 2. The Balaban J connectivity index is 2.14. The highest BCUT2D eigenvalue weighted by Crippen LogP contribution is 2.26. The lowest BCUT2D eigenvalue weighted by molar-refractivity contribution is -0.113. The van der Waals surface area contributed by atoms with Crippen LogP contribution in [-0.4, -0.2) is 25.6 Å². The first-order valence-corrected chi connectivity index (χ1v) is 9.20. The number of amides is 1. The van der Waals surface area contributed by atoms with E-state index in [1.807, 2.05) is 26.0 Å². The Morgan fingerprint density at radius 1 is 1.25 bits per heavy atom. The summed E-state index contributed by atoms with van der Waals surface area (Å²) in [6.07, 6.45) is 0. The molecule has 24 heavy (non-hydrogen) atoms. The Kier molecular flexibility index (Phi) is 5.28. The van der Waals surface area contributed by atoms with Crippen LogP contribution in [0.25, 0.3) is 0 Å². The summed E-state index contributed by atoms with van der Waals surface area (Å²) in [6, 6.07) is 7.75. The van der Waals surface area contributed by atoms with Crippen LogP contribution in [0.15, 0.2) is 29.2 Å². The Morgan fingerprint density at radius 2 is 1.92 bits per heavy atom. The van der Waals surface area contributed by atoms with E-state index in [2.05, 4.69) is 37.3 Å². The van der Waals surface area contributed by atoms with Gasteiger partial charge in [0, 0.05) is 18.0 Å². The van der Waals surface area contributed by atoms with Crippen molar-refractivity contribution in [2.75, 3.05) is 11.1 Å². The van der Waals surface area contributed by atoms with Gasteiger partial charge in [-0.2, -0.15) is 5.10 Å². The standard InChI is InChI=1S/C18H25N3O2S/c1-12-7-8-14(18(3,4)5)10-15(12)24(23)11-17(22)19-16-9-13(2)20-21(16)6/h7-10H,11H2,1-6H3,(H,19,22)/t24-/m0/s1. The van der Waals surface area contributed by atoms with Gasteiger partial charge in [-0.1, -0.05) is 32.9 Å². The van der Waals surface area contributed by atoms with E-state index in [1.54, 1.807) is 17.8 Å². The molecule has 0 radical (unpaired) electrons. The van der Waals surface area contributed by atoms with Gasteiger partial charge in [-0.05, 0) is 36.5 Å². The van der Waals surface area contributed by atoms with Gasteiger partial charge in [0.05, 0.1) is 16.5 Å². The number of rotatable bonds is 4. The first kappa shape index (κ1) is 18.4. The van der Waals surface area contributed by atoms with Gasteiger partial charge in [-0.15, -0.1) is 0 Å². The number of anilines is 1. The molecule has 130 valence electrons. The van der Waals surface area contributed by atoms with Crippen molar-refractivity contribution in [2.45, 2.75) is 44.9 Å². The zero-order valence-electron chi connectivity index (χ0n) is 15.1. The van der Waals surface area contributed by atoms with E-state index < -0.39 is 10.8 Å². The molecule has 1 aromatic carbocycles. The number of nitrogens with one attached hydrogen (secondary N) is 1. The number of hydrogen-bond acceptors (Lipinski definition) is 3. The molecule has 0 fully saturated rings. The third kappa shape index (κ3) is 4.32. The maximum Gasteiger partial charge on any atom is 0.238 e. The summed E-state index contributed by atoms with van der Waals surface area (Å²) in [7, 11) is 0.375. The molecule has 0 spiro atoms. The van der Waals surface area contributed by atoms with Crippen LogP contribution >= 0.6 is 0 Å². The number of aromatic nitrogens is 2. The first-order valence-electron chi connectivity index (χ1n) is 7.88. The molecule has 2 rings (SSSR count). The fourth-order valence-electron chi connectivity index (χ4n) is 2.42. The van der Waals surface area contributed by atoms with Crippen molar-refractivity contribution in [2.24, 2.45) is 7.05 Å². The molecule has 1 aromatic heterocycles. The molecule has 0 aliphatic rings. The van der Waals surface area contributed by atoms with Gasteiger partial charge in [0.15, 0.2) is 0 Å². The molecule has 0 aliphatic carbocycles. The van der Waals surface area contributed by atoms with Crippen molar-refractivity contribution >= 4 is 22.5 Å². The summed E-state index contributed by atoms with van der Waals surface area (Å²) < 4.78 is 14.3. The molecule has 0 unspecified atom stereocenters. The van der Waals surface area contributed by atoms with Gasteiger partial charge in [0.2, 0.25) is 5.91 Å². The SMILES string of the molecule is Cc1cc(NC(=O)C[S@](=O)c2cc(C(C)(C)C)ccc2C)n(C)n1. The number of carbonyl (C=O) groups excluding carboxylic acids is 1. The number of hydrogen-bond donors (Lipinski definition) is 1. The molecule has 0 saturated carbocycles. The van der Waals surface area contributed by atoms with Crippen LogP contribution in [0.1, 0.15) is 37.6 Å². The summed E-state index contributed by atoms with van der Waals surface area (Å²) in [5, 5.41) is 6.94. The Morgan fingerprint density at radius 3 is 2.46 bits per heavy atom. The highest BCUT2D eigenvalue weighted by Gasteiger charge is 2.19. The predicted molar refractivity (Wildman–Crippen MR) is 97.7 cm³/mol. The second-order valence-electron chi connectivity index (χ2n) is 7.06. The maximum atomic E-state index is 12.7. The van der Waals surface area contributed by atoms with Gasteiger partial charge >= 0.3 is 0 Å². The molecule has 1 N–H and O–H groups in total. The number of benzene rings is 1. The van der Waals surface area contributed by atoms with Crippen molar-refractivity contribution in [1.29, 1.82) is 0 Å². The van der Waals surface area contributed by atoms with Crippen LogP contribution < -0.4 is 5.32 Å². The Labute approximate surface area is 145 Å². The third-order valence-corrected chi connectivity index (χ3v) is 5.29. The number of aryl methyl sites for hydroxylation is 3. The molecule has 5 nitrogen and oxygen atoms in total. The van der Waals surface area contributed by atoms with E-state index in [-0.39, 0.29) is 17.1 Å². The van der Waals surface area contributed by atoms with Gasteiger partial charge in [0.1, 0.15) is 11.6 Å². The predicted octanol–water partition coefficient (Wildman–Crippen LogP) is 3.08. The van der Waals surface area contributed by atoms with Crippen molar-refractivity contribution < 1.29 is 9.00 Å². The lowest BCUT2D eigenvalue weighted by Crippen LogP contribution is -2.21. The fraction of sp³-hybridized carbons (Fsp3) is 0.444. The summed E-state index contributed by atoms with van der Waals surface area (Å²) in [4.78, 5) is 12.9. The zero-order chi connectivity index (χ0) is 18.1. The fourth-order valence-corrected chi connectivity index (χ4v) is 3.57. The topological polar surface area (TPSA) is 64.0 Å². The maximum absolute atomic E-state index is 12.7. The van der Waals surface area contributed by atoms with Crippen molar-refractivity contribution in [3.63, 3.8) is 0 Å². The minimum atomic E-state index is -1.39. The highest BCUT2D eigenvalue weighted by atomic mass is 32.2. The second-order valence-corrected chi connectivity index (χ2v) is 8.48. The van der Waals surface area contributed by atoms with E-state index >= 15 is 0 Å². The number of carbonyl (C=O) groups is 1. The van der Waals surface area contributed by atoms with Gasteiger partial charge < -0.3 is 5.32 Å². The smallest absolute Gasteiger partial charge is 0.238 e. The average molecular weight is 347 g/mol. The van der Waals surface area contributed by atoms with Crippen LogP contribution in [0.3, 0.4) is 0 Å². The van der Waals surface area contributed by atoms with Gasteiger partial charge in [0.25, 0.3) is 0 Å². The van der Waals surface area contributed by atoms with Crippen LogP contribution in [0.2, 0.25) is 0 Å². The van der Waals surface area contributed by atoms with Gasteiger partial charge in [-0.25, -0.2) is 0 Å². The molecule has 0 aliphatic heterocycles. The first-order chi connectivity index (χ1) is 11.1. The molecule has 1 amide bonds. The minimum Gasteiger partial charge on any atom is -0.310 e.